The van der Waals surface area contributed by atoms with Crippen molar-refractivity contribution >= 4 is 11.9 Å². The number of rotatable bonds is 3. The van der Waals surface area contributed by atoms with Gasteiger partial charge in [-0.25, -0.2) is 4.79 Å². The zero-order valence-corrected chi connectivity index (χ0v) is 12.1. The molecule has 5 heteroatoms. The van der Waals surface area contributed by atoms with E-state index in [0.717, 1.165) is 0 Å². The van der Waals surface area contributed by atoms with Gasteiger partial charge >= 0.3 is 5.97 Å². The summed E-state index contributed by atoms with van der Waals surface area (Å²) in [4.78, 5) is 23.9. The molecule has 2 fully saturated rings. The van der Waals surface area contributed by atoms with Crippen LogP contribution < -0.4 is 5.32 Å². The van der Waals surface area contributed by atoms with Gasteiger partial charge in [-0.1, -0.05) is 27.7 Å². The minimum absolute atomic E-state index is 0.0814. The number of hydrogen-bond acceptors (Lipinski definition) is 3. The molecule has 0 atom stereocenters. The van der Waals surface area contributed by atoms with Crippen LogP contribution in [0.3, 0.4) is 0 Å². The van der Waals surface area contributed by atoms with Gasteiger partial charge in [0.25, 0.3) is 0 Å². The van der Waals surface area contributed by atoms with Gasteiger partial charge in [-0.05, 0) is 10.8 Å². The van der Waals surface area contributed by atoms with E-state index in [4.69, 9.17) is 4.74 Å². The molecule has 0 radical (unpaired) electrons. The standard InChI is InChI=1S/C14H23NO4/c1-12(2)9(13(12,3)4)10(16)15-14(11(17)18)5-7-19-8-6-14/h9H,5-8H2,1-4H3,(H,15,16)(H,17,18). The van der Waals surface area contributed by atoms with E-state index in [1.807, 2.05) is 0 Å². The fourth-order valence-corrected chi connectivity index (χ4v) is 3.27. The van der Waals surface area contributed by atoms with Crippen LogP contribution in [-0.2, 0) is 14.3 Å². The summed E-state index contributed by atoms with van der Waals surface area (Å²) in [5.74, 6) is -1.22. The van der Waals surface area contributed by atoms with Gasteiger partial charge in [0.15, 0.2) is 0 Å². The van der Waals surface area contributed by atoms with E-state index in [-0.39, 0.29) is 22.7 Å². The molecule has 2 N–H and O–H groups in total. The molecule has 1 saturated heterocycles. The van der Waals surface area contributed by atoms with Crippen LogP contribution in [0.2, 0.25) is 0 Å². The summed E-state index contributed by atoms with van der Waals surface area (Å²) in [6, 6.07) is 0. The van der Waals surface area contributed by atoms with Crippen molar-refractivity contribution in [2.24, 2.45) is 16.7 Å². The molecular formula is C14H23NO4. The highest BCUT2D eigenvalue weighted by molar-refractivity contribution is 5.90. The number of carboxylic acid groups (broad SMARTS) is 1. The summed E-state index contributed by atoms with van der Waals surface area (Å²) in [7, 11) is 0. The van der Waals surface area contributed by atoms with E-state index in [1.54, 1.807) is 0 Å². The molecule has 2 aliphatic rings. The lowest BCUT2D eigenvalue weighted by Crippen LogP contribution is -2.58. The molecule has 108 valence electrons. The minimum atomic E-state index is -1.15. The number of amides is 1. The van der Waals surface area contributed by atoms with Gasteiger partial charge in [0.05, 0.1) is 0 Å². The number of ether oxygens (including phenoxy) is 1. The molecule has 0 aromatic rings. The Kier molecular flexibility index (Phi) is 3.16. The Labute approximate surface area is 113 Å². The zero-order chi connectivity index (χ0) is 14.5. The third kappa shape index (κ3) is 2.04. The van der Waals surface area contributed by atoms with Gasteiger partial charge in [0.2, 0.25) is 5.91 Å². The molecule has 0 spiro atoms. The van der Waals surface area contributed by atoms with Crippen molar-refractivity contribution in [1.82, 2.24) is 5.32 Å². The third-order valence-corrected chi connectivity index (χ3v) is 5.40. The summed E-state index contributed by atoms with van der Waals surface area (Å²) >= 11 is 0. The van der Waals surface area contributed by atoms with Crippen LogP contribution in [0.15, 0.2) is 0 Å². The van der Waals surface area contributed by atoms with Crippen molar-refractivity contribution in [2.45, 2.75) is 46.1 Å². The van der Waals surface area contributed by atoms with Crippen molar-refractivity contribution in [3.8, 4) is 0 Å². The summed E-state index contributed by atoms with van der Waals surface area (Å²) in [5.41, 5.74) is -1.31. The number of aliphatic carboxylic acids is 1. The smallest absolute Gasteiger partial charge is 0.329 e. The second-order valence-electron chi connectivity index (χ2n) is 6.87. The lowest BCUT2D eigenvalue weighted by atomic mass is 9.89. The molecule has 2 rings (SSSR count). The topological polar surface area (TPSA) is 75.6 Å². The summed E-state index contributed by atoms with van der Waals surface area (Å²) in [6.07, 6.45) is 0.670. The molecule has 0 aromatic heterocycles. The van der Waals surface area contributed by atoms with Gasteiger partial charge < -0.3 is 15.2 Å². The molecule has 1 amide bonds. The van der Waals surface area contributed by atoms with Crippen LogP contribution in [0.25, 0.3) is 0 Å². The molecule has 19 heavy (non-hydrogen) atoms. The van der Waals surface area contributed by atoms with Crippen LogP contribution in [0.5, 0.6) is 0 Å². The fourth-order valence-electron chi connectivity index (χ4n) is 3.27. The highest BCUT2D eigenvalue weighted by Gasteiger charge is 2.68. The average molecular weight is 269 g/mol. The van der Waals surface area contributed by atoms with Crippen molar-refractivity contribution in [1.29, 1.82) is 0 Å². The van der Waals surface area contributed by atoms with Gasteiger partial charge in [0, 0.05) is 32.0 Å². The number of carbonyl (C=O) groups excluding carboxylic acids is 1. The first kappa shape index (κ1) is 14.3. The molecule has 0 unspecified atom stereocenters. The predicted molar refractivity (Wildman–Crippen MR) is 69.6 cm³/mol. The van der Waals surface area contributed by atoms with Crippen LogP contribution in [0.4, 0.5) is 0 Å². The Balaban J connectivity index is 2.11. The van der Waals surface area contributed by atoms with Crippen molar-refractivity contribution < 1.29 is 19.4 Å². The van der Waals surface area contributed by atoms with Crippen molar-refractivity contribution in [2.75, 3.05) is 13.2 Å². The van der Waals surface area contributed by atoms with Crippen molar-refractivity contribution in [3.05, 3.63) is 0 Å². The second-order valence-corrected chi connectivity index (χ2v) is 6.87. The number of nitrogens with one attached hydrogen (secondary N) is 1. The maximum Gasteiger partial charge on any atom is 0.329 e. The first-order chi connectivity index (χ1) is 8.65. The largest absolute Gasteiger partial charge is 0.480 e. The van der Waals surface area contributed by atoms with E-state index in [9.17, 15) is 14.7 Å². The summed E-state index contributed by atoms with van der Waals surface area (Å²) < 4.78 is 5.20. The highest BCUT2D eigenvalue weighted by atomic mass is 16.5. The van der Waals surface area contributed by atoms with E-state index in [1.165, 1.54) is 0 Å². The zero-order valence-electron chi connectivity index (χ0n) is 12.1. The fraction of sp³-hybridized carbons (Fsp3) is 0.857. The Hall–Kier alpha value is -1.10. The van der Waals surface area contributed by atoms with E-state index >= 15 is 0 Å². The molecular weight excluding hydrogens is 246 g/mol. The average Bonchev–Trinajstić information content (AvgIpc) is 2.70. The summed E-state index contributed by atoms with van der Waals surface area (Å²) in [5, 5.41) is 12.2. The van der Waals surface area contributed by atoms with Crippen LogP contribution in [-0.4, -0.2) is 35.7 Å². The minimum Gasteiger partial charge on any atom is -0.480 e. The molecule has 1 aliphatic heterocycles. The van der Waals surface area contributed by atoms with Crippen molar-refractivity contribution in [3.63, 3.8) is 0 Å². The van der Waals surface area contributed by atoms with Crippen LogP contribution >= 0.6 is 0 Å². The normalized spacial score (nSPS) is 27.6. The Bertz CT molecular complexity index is 394. The number of hydrogen-bond donors (Lipinski definition) is 2. The van der Waals surface area contributed by atoms with E-state index in [0.29, 0.717) is 26.1 Å². The first-order valence-corrected chi connectivity index (χ1v) is 6.78. The lowest BCUT2D eigenvalue weighted by Gasteiger charge is -2.34. The van der Waals surface area contributed by atoms with E-state index < -0.39 is 11.5 Å². The molecule has 1 heterocycles. The summed E-state index contributed by atoms with van der Waals surface area (Å²) in [6.45, 7) is 8.96. The Morgan fingerprint density at radius 3 is 1.95 bits per heavy atom. The van der Waals surface area contributed by atoms with Crippen LogP contribution in [0.1, 0.15) is 40.5 Å². The van der Waals surface area contributed by atoms with Gasteiger partial charge in [0.1, 0.15) is 5.54 Å². The first-order valence-electron chi connectivity index (χ1n) is 6.78. The number of carbonyl (C=O) groups is 2. The monoisotopic (exact) mass is 269 g/mol. The Morgan fingerprint density at radius 1 is 1.11 bits per heavy atom. The van der Waals surface area contributed by atoms with Gasteiger partial charge in [-0.2, -0.15) is 0 Å². The van der Waals surface area contributed by atoms with Gasteiger partial charge in [-0.3, -0.25) is 4.79 Å². The Morgan fingerprint density at radius 2 is 1.58 bits per heavy atom. The molecule has 1 aliphatic carbocycles. The third-order valence-electron chi connectivity index (χ3n) is 5.40. The van der Waals surface area contributed by atoms with Crippen LogP contribution in [0, 0.1) is 16.7 Å². The predicted octanol–water partition coefficient (Wildman–Crippen LogP) is 1.42. The lowest BCUT2D eigenvalue weighted by molar-refractivity contribution is -0.152. The molecule has 0 bridgehead atoms. The quantitative estimate of drug-likeness (QED) is 0.812. The maximum atomic E-state index is 12.4. The molecule has 5 nitrogen and oxygen atoms in total. The molecule has 1 saturated carbocycles. The second kappa shape index (κ2) is 4.20. The molecule has 0 aromatic carbocycles. The highest BCUT2D eigenvalue weighted by Crippen LogP contribution is 2.68. The number of carboxylic acids is 1. The van der Waals surface area contributed by atoms with E-state index in [2.05, 4.69) is 33.0 Å². The SMILES string of the molecule is CC1(C)C(C(=O)NC2(C(=O)O)CCOCC2)C1(C)C. The van der Waals surface area contributed by atoms with Gasteiger partial charge in [-0.15, -0.1) is 0 Å². The maximum absolute atomic E-state index is 12.4.